The fourth-order valence-electron chi connectivity index (χ4n) is 6.51. The summed E-state index contributed by atoms with van der Waals surface area (Å²) in [6.45, 7) is 23.9. The molecule has 0 bridgehead atoms. The Labute approximate surface area is 260 Å². The molecule has 0 aromatic rings. The van der Waals surface area contributed by atoms with Crippen molar-refractivity contribution in [1.82, 2.24) is 0 Å². The molecule has 0 saturated carbocycles. The number of quaternary nitrogens is 1. The van der Waals surface area contributed by atoms with Crippen LogP contribution in [0.2, 0.25) is 0 Å². The lowest BCUT2D eigenvalue weighted by Crippen LogP contribution is -2.50. The maximum atomic E-state index is 9.52. The Morgan fingerprint density at radius 3 is 1.20 bits per heavy atom. The summed E-state index contributed by atoms with van der Waals surface area (Å²) in [6.07, 6.45) is 27.3. The molecule has 4 nitrogen and oxygen atoms in total. The van der Waals surface area contributed by atoms with Gasteiger partial charge in [-0.2, -0.15) is 0 Å². The highest BCUT2D eigenvalue weighted by Crippen LogP contribution is 2.39. The quantitative estimate of drug-likeness (QED) is 0.0522. The van der Waals surface area contributed by atoms with Gasteiger partial charge in [-0.1, -0.05) is 139 Å². The van der Waals surface area contributed by atoms with E-state index in [2.05, 4.69) is 55.4 Å². The molecule has 0 aliphatic heterocycles. The average Bonchev–Trinajstić information content (AvgIpc) is 2.97. The van der Waals surface area contributed by atoms with Gasteiger partial charge in [0.25, 0.3) is 0 Å². The zero-order valence-corrected chi connectivity index (χ0v) is 29.8. The minimum absolute atomic E-state index is 0.357. The summed E-state index contributed by atoms with van der Waals surface area (Å²) >= 11 is 0. The van der Waals surface area contributed by atoms with Crippen LogP contribution in [-0.2, 0) is 4.65 Å². The van der Waals surface area contributed by atoms with Crippen LogP contribution in [0.25, 0.3) is 0 Å². The summed E-state index contributed by atoms with van der Waals surface area (Å²) in [4.78, 5) is 0. The van der Waals surface area contributed by atoms with E-state index in [0.29, 0.717) is 5.92 Å². The van der Waals surface area contributed by atoms with Crippen LogP contribution in [0.5, 0.6) is 0 Å². The zero-order chi connectivity index (χ0) is 31.2. The lowest BCUT2D eigenvalue weighted by Gasteiger charge is -2.42. The van der Waals surface area contributed by atoms with E-state index in [1.807, 2.05) is 0 Å². The van der Waals surface area contributed by atoms with E-state index in [-0.39, 0.29) is 5.60 Å². The summed E-state index contributed by atoms with van der Waals surface area (Å²) in [5.41, 5.74) is -0.357. The largest absolute Gasteiger partial charge is 0.634 e. The molecule has 0 aliphatic carbocycles. The van der Waals surface area contributed by atoms with Gasteiger partial charge < -0.3 is 19.2 Å². The van der Waals surface area contributed by atoms with Crippen LogP contribution in [0.1, 0.15) is 197 Å². The second-order valence-electron chi connectivity index (χ2n) is 13.1. The Bertz CT molecular complexity index is 479. The van der Waals surface area contributed by atoms with Crippen molar-refractivity contribution < 1.29 is 19.2 Å². The fraction of sp³-hybridized carbons (Fsp3) is 1.00. The van der Waals surface area contributed by atoms with Gasteiger partial charge in [-0.3, -0.25) is 0 Å². The van der Waals surface area contributed by atoms with Crippen molar-refractivity contribution in [2.45, 2.75) is 202 Å². The normalized spacial score (nSPS) is 12.1. The third-order valence-corrected chi connectivity index (χ3v) is 9.25. The van der Waals surface area contributed by atoms with Crippen molar-refractivity contribution in [1.29, 1.82) is 0 Å². The van der Waals surface area contributed by atoms with E-state index in [1.165, 1.54) is 121 Å². The molecule has 0 atom stereocenters. The first kappa shape index (κ1) is 43.0. The summed E-state index contributed by atoms with van der Waals surface area (Å²) in [5, 5.41) is 19.0. The molecule has 5 heteroatoms. The molecule has 41 heavy (non-hydrogen) atoms. The Kier molecular flexibility index (Phi) is 31.4. The van der Waals surface area contributed by atoms with E-state index in [0.717, 1.165) is 51.4 Å². The molecule has 248 valence electrons. The van der Waals surface area contributed by atoms with Crippen molar-refractivity contribution in [3.05, 3.63) is 0 Å². The molecule has 0 aromatic carbocycles. The van der Waals surface area contributed by atoms with Crippen LogP contribution < -0.4 is 0 Å². The Balaban J connectivity index is 0. The van der Waals surface area contributed by atoms with Gasteiger partial charge in [0, 0.05) is 0 Å². The molecule has 0 rings (SSSR count). The predicted molar refractivity (Wildman–Crippen MR) is 184 cm³/mol. The maximum Gasteiger partial charge on any atom is 0.634 e. The molecule has 0 saturated heterocycles. The van der Waals surface area contributed by atoms with Gasteiger partial charge in [0.1, 0.15) is 0 Å². The molecular weight excluding hydrogens is 505 g/mol. The minimum atomic E-state index is -1.65. The standard InChI is InChI=1S/C18H39BO3.C18H40N/c1-5-9-13-17(14-10-6-2)18(15-11-7-3,16-12-8-4)22-19(20)21;1-5-9-13-14-18-19(15-10-6-2,16-11-7-3)17-12-8-4/h17,20-21H,5-16H2,1-4H3;5-18H2,1-4H3/q;+1. The number of rotatable bonds is 29. The van der Waals surface area contributed by atoms with Gasteiger partial charge in [0.2, 0.25) is 0 Å². The van der Waals surface area contributed by atoms with Gasteiger partial charge in [0.15, 0.2) is 0 Å². The number of hydrogen-bond donors (Lipinski definition) is 2. The molecular formula is C36H79BNO3+. The Hall–Kier alpha value is -0.0951. The molecule has 0 heterocycles. The van der Waals surface area contributed by atoms with Crippen molar-refractivity contribution in [2.24, 2.45) is 5.92 Å². The Morgan fingerprint density at radius 1 is 0.488 bits per heavy atom. The first-order chi connectivity index (χ1) is 19.8. The van der Waals surface area contributed by atoms with E-state index >= 15 is 0 Å². The van der Waals surface area contributed by atoms with Crippen LogP contribution in [0.4, 0.5) is 0 Å². The monoisotopic (exact) mass is 585 g/mol. The van der Waals surface area contributed by atoms with E-state index in [4.69, 9.17) is 4.65 Å². The fourth-order valence-corrected chi connectivity index (χ4v) is 6.51. The summed E-state index contributed by atoms with van der Waals surface area (Å²) in [6, 6.07) is 0. The highest BCUT2D eigenvalue weighted by atomic mass is 16.6. The van der Waals surface area contributed by atoms with Crippen LogP contribution in [-0.4, -0.2) is 53.6 Å². The molecule has 0 spiro atoms. The van der Waals surface area contributed by atoms with E-state index in [9.17, 15) is 10.0 Å². The van der Waals surface area contributed by atoms with Gasteiger partial charge in [-0.25, -0.2) is 0 Å². The van der Waals surface area contributed by atoms with Crippen molar-refractivity contribution >= 4 is 7.32 Å². The van der Waals surface area contributed by atoms with E-state index < -0.39 is 7.32 Å². The number of hydrogen-bond acceptors (Lipinski definition) is 3. The smallest absolute Gasteiger partial charge is 0.402 e. The third kappa shape index (κ3) is 22.1. The topological polar surface area (TPSA) is 49.7 Å². The highest BCUT2D eigenvalue weighted by molar-refractivity contribution is 6.32. The molecule has 0 aliphatic rings. The summed E-state index contributed by atoms with van der Waals surface area (Å²) < 4.78 is 7.24. The maximum absolute atomic E-state index is 9.52. The lowest BCUT2D eigenvalue weighted by atomic mass is 9.73. The number of unbranched alkanes of at least 4 members (excludes halogenated alkanes) is 10. The van der Waals surface area contributed by atoms with Crippen molar-refractivity contribution in [3.63, 3.8) is 0 Å². The van der Waals surface area contributed by atoms with Gasteiger partial charge in [-0.05, 0) is 63.7 Å². The predicted octanol–water partition coefficient (Wildman–Crippen LogP) is 10.9. The van der Waals surface area contributed by atoms with E-state index in [1.54, 1.807) is 0 Å². The first-order valence-corrected chi connectivity index (χ1v) is 18.7. The molecule has 0 radical (unpaired) electrons. The second kappa shape index (κ2) is 30.0. The lowest BCUT2D eigenvalue weighted by molar-refractivity contribution is -0.929. The highest BCUT2D eigenvalue weighted by Gasteiger charge is 2.40. The van der Waals surface area contributed by atoms with Crippen LogP contribution in [0.15, 0.2) is 0 Å². The second-order valence-corrected chi connectivity index (χ2v) is 13.1. The average molecular weight is 585 g/mol. The molecule has 0 amide bonds. The van der Waals surface area contributed by atoms with Crippen LogP contribution >= 0.6 is 0 Å². The third-order valence-electron chi connectivity index (χ3n) is 9.25. The summed E-state index contributed by atoms with van der Waals surface area (Å²) in [5.74, 6) is 0.437. The number of nitrogens with zero attached hydrogens (tertiary/aromatic N) is 1. The Morgan fingerprint density at radius 2 is 0.854 bits per heavy atom. The molecule has 2 N–H and O–H groups in total. The molecule has 0 unspecified atom stereocenters. The van der Waals surface area contributed by atoms with Crippen molar-refractivity contribution in [2.75, 3.05) is 26.2 Å². The van der Waals surface area contributed by atoms with Gasteiger partial charge >= 0.3 is 7.32 Å². The van der Waals surface area contributed by atoms with Crippen LogP contribution in [0, 0.1) is 5.92 Å². The molecule has 0 fully saturated rings. The van der Waals surface area contributed by atoms with Crippen LogP contribution in [0.3, 0.4) is 0 Å². The van der Waals surface area contributed by atoms with Gasteiger partial charge in [0.05, 0.1) is 31.8 Å². The van der Waals surface area contributed by atoms with Crippen molar-refractivity contribution in [3.8, 4) is 0 Å². The minimum Gasteiger partial charge on any atom is -0.402 e. The first-order valence-electron chi connectivity index (χ1n) is 18.7. The van der Waals surface area contributed by atoms with Gasteiger partial charge in [-0.15, -0.1) is 0 Å². The molecule has 0 aromatic heterocycles. The zero-order valence-electron chi connectivity index (χ0n) is 29.8. The SMILES string of the molecule is CCCCC(CCCC)C(CCCC)(CCCC)OB(O)O.CCCCCC[N+](CCCC)(CCCC)CCCC. The summed E-state index contributed by atoms with van der Waals surface area (Å²) in [7, 11) is -1.65.